The molecular formula is C15H19FN2O7. The van der Waals surface area contributed by atoms with Crippen molar-refractivity contribution >= 4 is 12.3 Å². The Bertz CT molecular complexity index is 733. The van der Waals surface area contributed by atoms with Crippen molar-refractivity contribution in [2.75, 3.05) is 0 Å². The van der Waals surface area contributed by atoms with Crippen LogP contribution in [0.2, 0.25) is 0 Å². The van der Waals surface area contributed by atoms with E-state index < -0.39 is 23.3 Å². The molecule has 0 bridgehead atoms. The van der Waals surface area contributed by atoms with Crippen LogP contribution in [0.15, 0.2) is 15.8 Å². The highest BCUT2D eigenvalue weighted by molar-refractivity contribution is 5.20. The van der Waals surface area contributed by atoms with Gasteiger partial charge in [0.05, 0.1) is 12.3 Å². The van der Waals surface area contributed by atoms with Gasteiger partial charge >= 0.3 is 18.0 Å². The molecular weight excluding hydrogens is 339 g/mol. The maximum absolute atomic E-state index is 13.3. The number of H-pyrrole nitrogens is 1. The van der Waals surface area contributed by atoms with Gasteiger partial charge in [-0.25, -0.2) is 4.79 Å². The Balaban J connectivity index is 0.000000844. The first-order chi connectivity index (χ1) is 11.7. The number of nitrogens with one attached hydrogen (secondary N) is 1. The summed E-state index contributed by atoms with van der Waals surface area (Å²) in [5.41, 5.74) is -1.66. The minimum atomic E-state index is -0.996. The predicted molar refractivity (Wildman–Crippen MR) is 78.5 cm³/mol. The largest absolute Gasteiger partial charge is 0.373 e. The molecule has 1 N–H and O–H groups in total. The van der Waals surface area contributed by atoms with Crippen molar-refractivity contribution in [1.29, 1.82) is 0 Å². The number of carbonyl (C=O) groups excluding carboxylic acids is 4. The summed E-state index contributed by atoms with van der Waals surface area (Å²) in [7, 11) is 0. The van der Waals surface area contributed by atoms with Gasteiger partial charge in [0.1, 0.15) is 6.23 Å². The third kappa shape index (κ3) is 5.72. The first kappa shape index (κ1) is 22.3. The molecule has 10 heteroatoms. The Labute approximate surface area is 141 Å². The number of nitrogens with zero attached hydrogens (tertiary/aromatic N) is 1. The minimum absolute atomic E-state index is 0.0318. The number of ether oxygens (including phenoxy) is 1. The summed E-state index contributed by atoms with van der Waals surface area (Å²) in [6, 6.07) is 0. The van der Waals surface area contributed by atoms with E-state index in [4.69, 9.17) is 23.9 Å². The maximum atomic E-state index is 13.3. The molecule has 0 radical (unpaired) electrons. The van der Waals surface area contributed by atoms with Gasteiger partial charge in [0.2, 0.25) is 5.82 Å². The summed E-state index contributed by atoms with van der Waals surface area (Å²) in [4.78, 5) is 57.2. The van der Waals surface area contributed by atoms with Crippen LogP contribution in [0.4, 0.5) is 4.39 Å². The smallest absolute Gasteiger partial charge is 0.354 e. The van der Waals surface area contributed by atoms with Crippen LogP contribution in [0.5, 0.6) is 0 Å². The van der Waals surface area contributed by atoms with E-state index in [0.717, 1.165) is 23.6 Å². The van der Waals surface area contributed by atoms with Gasteiger partial charge in [0, 0.05) is 6.42 Å². The average Bonchev–Trinajstić information content (AvgIpc) is 2.90. The number of halogens is 1. The molecule has 1 aromatic rings. The topological polar surface area (TPSA) is 132 Å². The first-order valence-corrected chi connectivity index (χ1v) is 7.39. The molecule has 0 amide bonds. The highest BCUT2D eigenvalue weighted by atomic mass is 19.1. The molecule has 3 atom stereocenters. The first-order valence-electron chi connectivity index (χ1n) is 7.39. The van der Waals surface area contributed by atoms with Crippen LogP contribution in [0, 0.1) is 11.2 Å². The maximum Gasteiger partial charge on any atom is 0.373 e. The number of rotatable bonds is 3. The standard InChI is InChI=1S/C13H19FN2O3.2CO2/c1-4-9-13(3,5-2)6-10(19-9)16-7-8(14)11(17)15-12(16)18;2*2-1-3/h7,9-10H,4-6H2,1-3H3,(H,15,17,18);;/t9-,10-,13?;;/m0../s1. The Morgan fingerprint density at radius 3 is 2.20 bits per heavy atom. The van der Waals surface area contributed by atoms with Crippen molar-refractivity contribution in [1.82, 2.24) is 9.55 Å². The van der Waals surface area contributed by atoms with Gasteiger partial charge in [0.15, 0.2) is 0 Å². The fraction of sp³-hybridized carbons (Fsp3) is 0.600. The van der Waals surface area contributed by atoms with Gasteiger partial charge in [0.25, 0.3) is 5.56 Å². The second kappa shape index (κ2) is 10.2. The third-order valence-corrected chi connectivity index (χ3v) is 4.15. The van der Waals surface area contributed by atoms with Crippen molar-refractivity contribution in [3.05, 3.63) is 32.9 Å². The van der Waals surface area contributed by atoms with Gasteiger partial charge in [-0.05, 0) is 18.3 Å². The molecule has 9 nitrogen and oxygen atoms in total. The summed E-state index contributed by atoms with van der Waals surface area (Å²) < 4.78 is 20.3. The lowest BCUT2D eigenvalue weighted by Gasteiger charge is -2.26. The van der Waals surface area contributed by atoms with E-state index in [2.05, 4.69) is 13.8 Å². The van der Waals surface area contributed by atoms with Gasteiger partial charge in [-0.1, -0.05) is 20.8 Å². The van der Waals surface area contributed by atoms with Crippen LogP contribution in [0.25, 0.3) is 0 Å². The van der Waals surface area contributed by atoms with Gasteiger partial charge in [-0.15, -0.1) is 0 Å². The van der Waals surface area contributed by atoms with E-state index in [1.54, 1.807) is 0 Å². The molecule has 1 unspecified atom stereocenters. The lowest BCUT2D eigenvalue weighted by molar-refractivity contribution is -0.193. The molecule has 0 spiro atoms. The third-order valence-electron chi connectivity index (χ3n) is 4.15. The predicted octanol–water partition coefficient (Wildman–Crippen LogP) is 0.622. The van der Waals surface area contributed by atoms with Crippen molar-refractivity contribution in [3.63, 3.8) is 0 Å². The van der Waals surface area contributed by atoms with E-state index in [-0.39, 0.29) is 23.8 Å². The summed E-state index contributed by atoms with van der Waals surface area (Å²) in [5, 5.41) is 0. The van der Waals surface area contributed by atoms with Crippen LogP contribution in [0.3, 0.4) is 0 Å². The van der Waals surface area contributed by atoms with Crippen LogP contribution >= 0.6 is 0 Å². The van der Waals surface area contributed by atoms with E-state index in [1.807, 2.05) is 11.9 Å². The molecule has 1 aromatic heterocycles. The fourth-order valence-electron chi connectivity index (χ4n) is 2.73. The zero-order valence-corrected chi connectivity index (χ0v) is 14.0. The Morgan fingerprint density at radius 2 is 1.80 bits per heavy atom. The van der Waals surface area contributed by atoms with Crippen molar-refractivity contribution in [2.45, 2.75) is 52.4 Å². The van der Waals surface area contributed by atoms with Crippen LogP contribution in [-0.4, -0.2) is 28.0 Å². The molecule has 1 fully saturated rings. The Morgan fingerprint density at radius 1 is 1.28 bits per heavy atom. The second-order valence-electron chi connectivity index (χ2n) is 5.51. The minimum Gasteiger partial charge on any atom is -0.354 e. The molecule has 25 heavy (non-hydrogen) atoms. The van der Waals surface area contributed by atoms with Gasteiger partial charge in [-0.2, -0.15) is 23.6 Å². The monoisotopic (exact) mass is 358 g/mol. The fourth-order valence-corrected chi connectivity index (χ4v) is 2.73. The van der Waals surface area contributed by atoms with Crippen molar-refractivity contribution < 1.29 is 28.3 Å². The SMILES string of the molecule is CC[C@@H]1O[C@H](n2cc(F)c(=O)[nH]c2=O)CC1(C)CC.O=C=O.O=C=O. The highest BCUT2D eigenvalue weighted by Gasteiger charge is 2.43. The van der Waals surface area contributed by atoms with Crippen LogP contribution < -0.4 is 11.2 Å². The quantitative estimate of drug-likeness (QED) is 0.837. The second-order valence-corrected chi connectivity index (χ2v) is 5.51. The molecule has 0 saturated carbocycles. The van der Waals surface area contributed by atoms with E-state index in [1.165, 1.54) is 0 Å². The zero-order chi connectivity index (χ0) is 19.6. The molecule has 1 aliphatic heterocycles. The molecule has 0 aromatic carbocycles. The molecule has 2 rings (SSSR count). The van der Waals surface area contributed by atoms with E-state index in [9.17, 15) is 14.0 Å². The molecule has 0 aliphatic carbocycles. The Kier molecular flexibility index (Phi) is 9.15. The van der Waals surface area contributed by atoms with E-state index in [0.29, 0.717) is 6.42 Å². The number of aromatic nitrogens is 2. The lowest BCUT2D eigenvalue weighted by Crippen LogP contribution is -2.33. The zero-order valence-electron chi connectivity index (χ0n) is 14.0. The summed E-state index contributed by atoms with van der Waals surface area (Å²) in [6.45, 7) is 6.20. The van der Waals surface area contributed by atoms with Crippen LogP contribution in [0.1, 0.15) is 46.3 Å². The van der Waals surface area contributed by atoms with Crippen LogP contribution in [-0.2, 0) is 23.9 Å². The van der Waals surface area contributed by atoms with Crippen molar-refractivity contribution in [3.8, 4) is 0 Å². The number of hydrogen-bond donors (Lipinski definition) is 1. The molecule has 138 valence electrons. The Hall–Kier alpha value is -2.67. The van der Waals surface area contributed by atoms with Gasteiger partial charge in [-0.3, -0.25) is 14.3 Å². The highest BCUT2D eigenvalue weighted by Crippen LogP contribution is 2.46. The normalized spacial score (nSPS) is 24.0. The van der Waals surface area contributed by atoms with E-state index >= 15 is 0 Å². The average molecular weight is 358 g/mol. The van der Waals surface area contributed by atoms with Gasteiger partial charge < -0.3 is 4.74 Å². The molecule has 1 saturated heterocycles. The summed E-state index contributed by atoms with van der Waals surface area (Å²) in [5.74, 6) is -0.971. The summed E-state index contributed by atoms with van der Waals surface area (Å²) >= 11 is 0. The molecule has 1 aliphatic rings. The number of aromatic amines is 1. The lowest BCUT2D eigenvalue weighted by atomic mass is 9.79. The molecule has 2 heterocycles. The van der Waals surface area contributed by atoms with Crippen molar-refractivity contribution in [2.24, 2.45) is 5.41 Å². The number of hydrogen-bond acceptors (Lipinski definition) is 7. The summed E-state index contributed by atoms with van der Waals surface area (Å²) in [6.07, 6.45) is 3.33.